The molecule has 2 N–H and O–H groups in total. The van der Waals surface area contributed by atoms with Gasteiger partial charge < -0.3 is 10.2 Å². The zero-order chi connectivity index (χ0) is 27.2. The number of benzene rings is 1. The van der Waals surface area contributed by atoms with Crippen LogP contribution in [0.5, 0.6) is 0 Å². The van der Waals surface area contributed by atoms with E-state index in [4.69, 9.17) is 10.2 Å². The Bertz CT molecular complexity index is 706. The van der Waals surface area contributed by atoms with E-state index >= 15 is 0 Å². The highest BCUT2D eigenvalue weighted by molar-refractivity contribution is 5.85. The molecule has 3 nitrogen and oxygen atoms in total. The van der Waals surface area contributed by atoms with Gasteiger partial charge in [-0.25, -0.2) is 4.98 Å². The second kappa shape index (κ2) is 36.3. The van der Waals surface area contributed by atoms with E-state index in [2.05, 4.69) is 63.0 Å². The van der Waals surface area contributed by atoms with Crippen molar-refractivity contribution in [1.82, 2.24) is 4.98 Å². The number of hydrogen-bond donors (Lipinski definition) is 1. The number of rotatable bonds is 5. The quantitative estimate of drug-likeness (QED) is 0.387. The van der Waals surface area contributed by atoms with Crippen LogP contribution in [-0.4, -0.2) is 4.98 Å². The van der Waals surface area contributed by atoms with E-state index in [1.165, 1.54) is 37.7 Å². The number of hydrogen-bond acceptors (Lipinski definition) is 3. The second-order valence-corrected chi connectivity index (χ2v) is 6.81. The molecular formula is C32H62N2O. The highest BCUT2D eigenvalue weighted by atomic mass is 16.3. The molecule has 0 atom stereocenters. The minimum absolute atomic E-state index is 0. The first-order valence-corrected chi connectivity index (χ1v) is 13.7. The predicted octanol–water partition coefficient (Wildman–Crippen LogP) is 11.6. The number of aromatic nitrogens is 1. The first kappa shape index (κ1) is 42.8. The Morgan fingerprint density at radius 2 is 1.34 bits per heavy atom. The minimum atomic E-state index is 0. The predicted molar refractivity (Wildman–Crippen MR) is 165 cm³/mol. The molecule has 0 amide bonds. The van der Waals surface area contributed by atoms with Gasteiger partial charge in [0, 0.05) is 11.6 Å². The number of pyridine rings is 1. The lowest BCUT2D eigenvalue weighted by molar-refractivity contribution is 0.550. The monoisotopic (exact) mass is 490 g/mol. The molecule has 3 heteroatoms. The molecule has 1 aromatic carbocycles. The van der Waals surface area contributed by atoms with Crippen LogP contribution in [0.15, 0.2) is 59.3 Å². The summed E-state index contributed by atoms with van der Waals surface area (Å²) < 4.78 is 5.06. The van der Waals surface area contributed by atoms with Crippen molar-refractivity contribution >= 4 is 16.8 Å². The molecule has 0 spiro atoms. The molecule has 0 radical (unpaired) electrons. The van der Waals surface area contributed by atoms with Crippen molar-refractivity contribution in [2.75, 3.05) is 5.73 Å². The zero-order valence-electron chi connectivity index (χ0n) is 24.7. The summed E-state index contributed by atoms with van der Waals surface area (Å²) in [7, 11) is 0. The van der Waals surface area contributed by atoms with Crippen LogP contribution in [0.25, 0.3) is 11.0 Å². The number of unbranched alkanes of at least 4 members (excludes halogenated alkanes) is 1. The largest absolute Gasteiger partial charge is 0.460 e. The zero-order valence-corrected chi connectivity index (χ0v) is 24.7. The van der Waals surface area contributed by atoms with Crippen molar-refractivity contribution < 1.29 is 4.42 Å². The van der Waals surface area contributed by atoms with Crippen molar-refractivity contribution in [2.45, 2.75) is 123 Å². The molecule has 0 aliphatic rings. The lowest BCUT2D eigenvalue weighted by Gasteiger charge is -1.98. The summed E-state index contributed by atoms with van der Waals surface area (Å²) >= 11 is 0. The van der Waals surface area contributed by atoms with Crippen LogP contribution in [0.2, 0.25) is 0 Å². The van der Waals surface area contributed by atoms with Gasteiger partial charge in [0.1, 0.15) is 0 Å². The smallest absolute Gasteiger partial charge is 0.175 e. The van der Waals surface area contributed by atoms with Crippen LogP contribution in [0, 0.1) is 5.92 Å². The average molecular weight is 491 g/mol. The van der Waals surface area contributed by atoms with Gasteiger partial charge in [0.25, 0.3) is 0 Å². The summed E-state index contributed by atoms with van der Waals surface area (Å²) in [5, 5.41) is 0.993. The third-order valence-corrected chi connectivity index (χ3v) is 3.91. The topological polar surface area (TPSA) is 52.0 Å². The Hall–Kier alpha value is -2.29. The number of nitrogens with zero attached hydrogens (tertiary/aromatic N) is 1. The van der Waals surface area contributed by atoms with Crippen molar-refractivity contribution in [3.05, 3.63) is 60.5 Å². The van der Waals surface area contributed by atoms with Crippen molar-refractivity contribution in [1.29, 1.82) is 0 Å². The first-order valence-electron chi connectivity index (χ1n) is 13.7. The van der Waals surface area contributed by atoms with E-state index in [1.807, 2.05) is 67.5 Å². The van der Waals surface area contributed by atoms with E-state index in [1.54, 1.807) is 12.5 Å². The number of nitrogen functional groups attached to an aromatic ring is 1. The lowest BCUT2D eigenvalue weighted by Crippen LogP contribution is -1.87. The average Bonchev–Trinajstić information content (AvgIpc) is 3.40. The summed E-state index contributed by atoms with van der Waals surface area (Å²) in [4.78, 5) is 3.86. The molecule has 0 unspecified atom stereocenters. The Morgan fingerprint density at radius 1 is 0.800 bits per heavy atom. The van der Waals surface area contributed by atoms with Gasteiger partial charge in [-0.15, -0.1) is 0 Å². The van der Waals surface area contributed by atoms with Crippen LogP contribution < -0.4 is 5.73 Å². The standard InChI is InChI=1S/C9H12.C7H6N2O.C7H16.4C2H6.CH4/c1-2-6-9-7-4-3-5-8-9;8-7-6-5(1-3-9-7)2-4-10-6;1-4-5-6-7(2)3;4*1-2;/h3-5,7-8H,2,6H2,1H3;1-4H,(H2,8,9);7H,4-6H2,1-3H3;4*1-2H3;1H4. The van der Waals surface area contributed by atoms with Gasteiger partial charge in [0.05, 0.1) is 6.26 Å². The second-order valence-electron chi connectivity index (χ2n) is 6.81. The molecule has 206 valence electrons. The molecule has 0 bridgehead atoms. The fourth-order valence-corrected chi connectivity index (χ4v) is 2.46. The molecule has 0 aliphatic heterocycles. The molecule has 35 heavy (non-hydrogen) atoms. The van der Waals surface area contributed by atoms with E-state index < -0.39 is 0 Å². The van der Waals surface area contributed by atoms with Crippen LogP contribution in [0.3, 0.4) is 0 Å². The summed E-state index contributed by atoms with van der Waals surface area (Å²) in [5.41, 5.74) is 7.61. The summed E-state index contributed by atoms with van der Waals surface area (Å²) in [6, 6.07) is 14.3. The molecule has 0 saturated carbocycles. The third-order valence-electron chi connectivity index (χ3n) is 3.91. The van der Waals surface area contributed by atoms with Gasteiger partial charge in [0.15, 0.2) is 11.4 Å². The van der Waals surface area contributed by atoms with Crippen LogP contribution >= 0.6 is 0 Å². The molecule has 2 aromatic heterocycles. The maximum Gasteiger partial charge on any atom is 0.175 e. The van der Waals surface area contributed by atoms with Crippen molar-refractivity contribution in [2.24, 2.45) is 5.92 Å². The Morgan fingerprint density at radius 3 is 1.74 bits per heavy atom. The number of aryl methyl sites for hydroxylation is 1. The highest BCUT2D eigenvalue weighted by Gasteiger charge is 1.98. The fourth-order valence-electron chi connectivity index (χ4n) is 2.46. The van der Waals surface area contributed by atoms with E-state index in [0.717, 1.165) is 11.3 Å². The lowest BCUT2D eigenvalue weighted by atomic mass is 10.1. The molecule has 0 saturated heterocycles. The summed E-state index contributed by atoms with van der Waals surface area (Å²) in [5.74, 6) is 1.35. The fraction of sp³-hybridized carbons (Fsp3) is 0.594. The Labute approximate surface area is 220 Å². The van der Waals surface area contributed by atoms with Gasteiger partial charge in [0.2, 0.25) is 0 Å². The summed E-state index contributed by atoms with van der Waals surface area (Å²) in [6.07, 6.45) is 9.85. The van der Waals surface area contributed by atoms with Gasteiger partial charge in [-0.1, -0.05) is 147 Å². The van der Waals surface area contributed by atoms with Crippen LogP contribution in [0.4, 0.5) is 5.82 Å². The van der Waals surface area contributed by atoms with Gasteiger partial charge >= 0.3 is 0 Å². The van der Waals surface area contributed by atoms with E-state index in [9.17, 15) is 0 Å². The molecule has 3 rings (SSSR count). The number of fused-ring (bicyclic) bond motifs is 1. The summed E-state index contributed by atoms with van der Waals surface area (Å²) in [6.45, 7) is 25.0. The Kier molecular flexibility index (Phi) is 44.4. The normalized spacial score (nSPS) is 8.14. The SMILES string of the molecule is C.CC.CC.CC.CC.CCCCC(C)C.CCCc1ccccc1.Nc1nccc2ccoc12. The Balaban J connectivity index is -0.000000112. The van der Waals surface area contributed by atoms with E-state index in [-0.39, 0.29) is 7.43 Å². The van der Waals surface area contributed by atoms with Crippen molar-refractivity contribution in [3.63, 3.8) is 0 Å². The van der Waals surface area contributed by atoms with Crippen LogP contribution in [-0.2, 0) is 6.42 Å². The number of furan rings is 1. The molecule has 0 aliphatic carbocycles. The molecule has 2 heterocycles. The first-order chi connectivity index (χ1) is 16.6. The van der Waals surface area contributed by atoms with Crippen molar-refractivity contribution in [3.8, 4) is 0 Å². The third kappa shape index (κ3) is 26.2. The highest BCUT2D eigenvalue weighted by Crippen LogP contribution is 2.18. The van der Waals surface area contributed by atoms with E-state index in [0.29, 0.717) is 11.4 Å². The van der Waals surface area contributed by atoms with Gasteiger partial charge in [-0.05, 0) is 30.0 Å². The van der Waals surface area contributed by atoms with Gasteiger partial charge in [-0.2, -0.15) is 0 Å². The number of anilines is 1. The molecular weight excluding hydrogens is 428 g/mol. The maximum absolute atomic E-state index is 5.50. The van der Waals surface area contributed by atoms with Crippen LogP contribution in [0.1, 0.15) is 122 Å². The minimum Gasteiger partial charge on any atom is -0.460 e. The number of nitrogens with two attached hydrogens (primary N) is 1. The molecule has 3 aromatic rings. The molecule has 0 fully saturated rings. The maximum atomic E-state index is 5.50. The van der Waals surface area contributed by atoms with Gasteiger partial charge in [-0.3, -0.25) is 0 Å².